The van der Waals surface area contributed by atoms with E-state index < -0.39 is 47.2 Å². The lowest BCUT2D eigenvalue weighted by Gasteiger charge is -2.36. The van der Waals surface area contributed by atoms with Gasteiger partial charge in [-0.15, -0.1) is 0 Å². The first-order valence-corrected chi connectivity index (χ1v) is 20.9. The maximum Gasteiger partial charge on any atom is 0.303 e. The molecule has 0 aromatic carbocycles. The Morgan fingerprint density at radius 2 is 1.69 bits per heavy atom. The number of carboxylic acids is 1. The number of nitrogens with two attached hydrogens (primary N) is 1. The van der Waals surface area contributed by atoms with Gasteiger partial charge in [0, 0.05) is 42.9 Å². The molecule has 5 unspecified atom stereocenters. The number of allylic oxidation sites excluding steroid dienone is 7. The normalized spacial score (nSPS) is 24.1. The molecule has 0 spiro atoms. The zero-order valence-electron chi connectivity index (χ0n) is 33.7. The van der Waals surface area contributed by atoms with Gasteiger partial charge in [0.1, 0.15) is 17.6 Å². The van der Waals surface area contributed by atoms with Crippen molar-refractivity contribution in [1.82, 2.24) is 31.9 Å². The summed E-state index contributed by atoms with van der Waals surface area (Å²) >= 11 is 0. The van der Waals surface area contributed by atoms with Gasteiger partial charge in [-0.1, -0.05) is 74.8 Å². The summed E-state index contributed by atoms with van der Waals surface area (Å²) in [7, 11) is 0. The fourth-order valence-corrected chi connectivity index (χ4v) is 7.76. The van der Waals surface area contributed by atoms with Gasteiger partial charge < -0.3 is 42.7 Å². The molecule has 59 heavy (non-hydrogen) atoms. The zero-order valence-corrected chi connectivity index (χ0v) is 33.7. The van der Waals surface area contributed by atoms with Crippen molar-refractivity contribution in [3.63, 3.8) is 0 Å². The van der Waals surface area contributed by atoms with Gasteiger partial charge in [-0.2, -0.15) is 0 Å². The Kier molecular flexibility index (Phi) is 16.4. The highest BCUT2D eigenvalue weighted by molar-refractivity contribution is 5.96. The summed E-state index contributed by atoms with van der Waals surface area (Å²) in [6.07, 6.45) is 28.0. The quantitative estimate of drug-likeness (QED) is 0.0664. The standard InChI is InChI=1S/C43H59N9O7/c1-28(30-18-20-31(21-19-30)47-42-50-32-12-3-4-13-33(32)51-42)38(56)48-34(14-5-8-26-46-36(53)22-17-29-11-10-25-45-27-29)39(57)49-35(15-9-16-37(54)55)40(58)52-43(41(44)59)23-6-2-7-24-43/h3-4,10,12-13,17-18,20-22,25,27-30,32-35H,2,5-9,11,14-16,19,23-24,26H2,1H3,(H2,44,59)(H,46,53)(H,48,56)(H,49,57)(H,52,58)(H,54,55)(H2,47,50,51)/b22-17+/t28?,29?,30?,32?,33?,34-,35-/m1/s1. The van der Waals surface area contributed by atoms with Crippen LogP contribution in [0.15, 0.2) is 82.6 Å². The number of nitrogens with zero attached hydrogens (tertiary/aromatic N) is 2. The number of guanidine groups is 1. The van der Waals surface area contributed by atoms with E-state index in [1.165, 1.54) is 6.08 Å². The molecular formula is C43H59N9O7. The summed E-state index contributed by atoms with van der Waals surface area (Å²) in [5, 5.41) is 27.3. The number of amides is 5. The Morgan fingerprint density at radius 1 is 0.949 bits per heavy atom. The fraction of sp³-hybridized carbons (Fsp3) is 0.535. The number of primary amides is 1. The number of hydrogen-bond donors (Lipinski definition) is 8. The first-order valence-electron chi connectivity index (χ1n) is 20.9. The van der Waals surface area contributed by atoms with Gasteiger partial charge in [-0.3, -0.25) is 33.8 Å². The molecule has 0 radical (unpaired) electrons. The highest BCUT2D eigenvalue weighted by Gasteiger charge is 2.41. The number of fused-ring (bicyclic) bond motifs is 1. The minimum atomic E-state index is -1.26. The third-order valence-corrected chi connectivity index (χ3v) is 11.4. The Morgan fingerprint density at radius 3 is 2.39 bits per heavy atom. The Balaban J connectivity index is 1.21. The molecule has 0 saturated heterocycles. The molecule has 5 amide bonds. The van der Waals surface area contributed by atoms with Crippen LogP contribution in [-0.4, -0.2) is 89.0 Å². The average molecular weight is 814 g/mol. The molecule has 1 fully saturated rings. The lowest BCUT2D eigenvalue weighted by atomic mass is 9.80. The van der Waals surface area contributed by atoms with Crippen LogP contribution in [0.2, 0.25) is 0 Å². The van der Waals surface area contributed by atoms with E-state index in [-0.39, 0.29) is 61.4 Å². The molecule has 318 valence electrons. The van der Waals surface area contributed by atoms with E-state index in [2.05, 4.69) is 48.0 Å². The topological polar surface area (TPSA) is 246 Å². The predicted molar refractivity (Wildman–Crippen MR) is 224 cm³/mol. The third-order valence-electron chi connectivity index (χ3n) is 11.4. The summed E-state index contributed by atoms with van der Waals surface area (Å²) in [6, 6.07) is -2.08. The molecule has 16 heteroatoms. The van der Waals surface area contributed by atoms with Crippen LogP contribution in [0.3, 0.4) is 0 Å². The molecule has 7 atom stereocenters. The number of aliphatic imine (C=N–C) groups is 2. The largest absolute Gasteiger partial charge is 0.481 e. The second kappa shape index (κ2) is 21.8. The van der Waals surface area contributed by atoms with Crippen LogP contribution < -0.4 is 37.6 Å². The third kappa shape index (κ3) is 13.4. The number of carboxylic acid groups (broad SMARTS) is 1. The number of rotatable bonds is 20. The second-order valence-electron chi connectivity index (χ2n) is 15.9. The van der Waals surface area contributed by atoms with Crippen LogP contribution in [0.5, 0.6) is 0 Å². The van der Waals surface area contributed by atoms with E-state index >= 15 is 0 Å². The van der Waals surface area contributed by atoms with Crippen molar-refractivity contribution in [2.24, 2.45) is 33.5 Å². The number of carbonyl (C=O) groups is 6. The van der Waals surface area contributed by atoms with E-state index in [9.17, 15) is 33.9 Å². The molecule has 5 rings (SSSR count). The van der Waals surface area contributed by atoms with Gasteiger partial charge >= 0.3 is 5.97 Å². The Labute approximate surface area is 345 Å². The predicted octanol–water partition coefficient (Wildman–Crippen LogP) is 2.47. The Bertz CT molecular complexity index is 1810. The molecule has 16 nitrogen and oxygen atoms in total. The zero-order chi connectivity index (χ0) is 42.2. The van der Waals surface area contributed by atoms with Crippen LogP contribution in [0.1, 0.15) is 90.4 Å². The number of nitrogens with one attached hydrogen (secondary N) is 6. The number of unbranched alkanes of at least 4 members (excludes halogenated alkanes) is 1. The van der Waals surface area contributed by atoms with E-state index in [0.717, 1.165) is 18.5 Å². The van der Waals surface area contributed by atoms with Crippen molar-refractivity contribution >= 4 is 47.7 Å². The van der Waals surface area contributed by atoms with Gasteiger partial charge in [0.05, 0.1) is 12.1 Å². The minimum absolute atomic E-state index is 0.00936. The molecule has 1 saturated carbocycles. The molecule has 0 aromatic rings. The lowest BCUT2D eigenvalue weighted by molar-refractivity contribution is -0.138. The highest BCUT2D eigenvalue weighted by Crippen LogP contribution is 2.29. The average Bonchev–Trinajstić information content (AvgIpc) is 3.64. The molecule has 0 aromatic heterocycles. The van der Waals surface area contributed by atoms with Gasteiger partial charge in [0.25, 0.3) is 0 Å². The van der Waals surface area contributed by atoms with E-state index in [4.69, 9.17) is 5.73 Å². The van der Waals surface area contributed by atoms with Crippen LogP contribution >= 0.6 is 0 Å². The minimum Gasteiger partial charge on any atom is -0.481 e. The van der Waals surface area contributed by atoms with Crippen molar-refractivity contribution in [2.45, 2.75) is 120 Å². The summed E-state index contributed by atoms with van der Waals surface area (Å²) in [5.41, 5.74) is 5.36. The highest BCUT2D eigenvalue weighted by atomic mass is 16.4. The van der Waals surface area contributed by atoms with Crippen molar-refractivity contribution in [3.8, 4) is 0 Å². The first-order chi connectivity index (χ1) is 28.4. The summed E-state index contributed by atoms with van der Waals surface area (Å²) in [4.78, 5) is 86.7. The van der Waals surface area contributed by atoms with E-state index in [0.29, 0.717) is 57.5 Å². The summed E-state index contributed by atoms with van der Waals surface area (Å²) in [6.45, 7) is 2.13. The summed E-state index contributed by atoms with van der Waals surface area (Å²) < 4.78 is 0. The molecule has 0 bridgehead atoms. The number of aliphatic carboxylic acids is 1. The molecular weight excluding hydrogens is 755 g/mol. The molecule has 5 aliphatic rings. The lowest BCUT2D eigenvalue weighted by Crippen LogP contribution is -2.63. The summed E-state index contributed by atoms with van der Waals surface area (Å²) in [5.74, 6) is -3.52. The number of hydrogen-bond acceptors (Lipinski definition) is 10. The SMILES string of the molecule is CC(C(=O)N[C@H](CCCCNC(=O)/C=C/C1C=NC=CC1)C(=O)N[C@H](CCCC(=O)O)C(=O)NC1(C(N)=O)CCCCC1)C1C=CC(NC2=NC3C=CC=CC3N2)=CC1. The van der Waals surface area contributed by atoms with Crippen molar-refractivity contribution in [3.05, 3.63) is 72.7 Å². The van der Waals surface area contributed by atoms with Gasteiger partial charge in [0.15, 0.2) is 5.96 Å². The maximum atomic E-state index is 14.0. The molecule has 2 heterocycles. The van der Waals surface area contributed by atoms with Crippen LogP contribution in [-0.2, 0) is 28.8 Å². The van der Waals surface area contributed by atoms with E-state index in [1.807, 2.05) is 42.5 Å². The van der Waals surface area contributed by atoms with Gasteiger partial charge in [-0.05, 0) is 75.9 Å². The molecule has 2 aliphatic heterocycles. The molecule has 3 aliphatic carbocycles. The van der Waals surface area contributed by atoms with E-state index in [1.54, 1.807) is 25.4 Å². The first kappa shape index (κ1) is 44.3. The van der Waals surface area contributed by atoms with Crippen molar-refractivity contribution in [1.29, 1.82) is 0 Å². The van der Waals surface area contributed by atoms with Gasteiger partial charge in [0.2, 0.25) is 29.5 Å². The second-order valence-corrected chi connectivity index (χ2v) is 15.9. The molecule has 9 N–H and O–H groups in total. The Hall–Kier alpha value is -5.80. The monoisotopic (exact) mass is 813 g/mol. The van der Waals surface area contributed by atoms with Crippen molar-refractivity contribution < 1.29 is 33.9 Å². The van der Waals surface area contributed by atoms with Gasteiger partial charge in [-0.25, -0.2) is 4.99 Å². The number of carbonyl (C=O) groups excluding carboxylic acids is 5. The fourth-order valence-electron chi connectivity index (χ4n) is 7.76. The smallest absolute Gasteiger partial charge is 0.303 e. The van der Waals surface area contributed by atoms with Crippen LogP contribution in [0, 0.1) is 17.8 Å². The van der Waals surface area contributed by atoms with Crippen molar-refractivity contribution in [2.75, 3.05) is 6.54 Å². The maximum absolute atomic E-state index is 14.0. The van der Waals surface area contributed by atoms with Crippen LogP contribution in [0.4, 0.5) is 0 Å². The van der Waals surface area contributed by atoms with Crippen LogP contribution in [0.25, 0.3) is 0 Å².